The van der Waals surface area contributed by atoms with Gasteiger partial charge in [0.15, 0.2) is 0 Å². The maximum atomic E-state index is 13.1. The van der Waals surface area contributed by atoms with E-state index in [1.54, 1.807) is 36.7 Å². The first-order valence-electron chi connectivity index (χ1n) is 10.3. The van der Waals surface area contributed by atoms with Crippen LogP contribution in [-0.4, -0.2) is 32.8 Å². The lowest BCUT2D eigenvalue weighted by atomic mass is 9.98. The predicted octanol–water partition coefficient (Wildman–Crippen LogP) is 4.86. The molecule has 3 heterocycles. The van der Waals surface area contributed by atoms with E-state index in [-0.39, 0.29) is 24.0 Å². The summed E-state index contributed by atoms with van der Waals surface area (Å²) in [5.41, 5.74) is 2.21. The Balaban J connectivity index is 1.79. The van der Waals surface area contributed by atoms with Gasteiger partial charge in [0.1, 0.15) is 11.5 Å². The largest absolute Gasteiger partial charge is 0.507 e. The number of pyridine rings is 1. The van der Waals surface area contributed by atoms with Gasteiger partial charge in [0.2, 0.25) is 0 Å². The van der Waals surface area contributed by atoms with Crippen molar-refractivity contribution < 1.29 is 19.4 Å². The van der Waals surface area contributed by atoms with Crippen molar-refractivity contribution in [1.82, 2.24) is 9.88 Å². The minimum atomic E-state index is -0.690. The predicted molar refractivity (Wildman–Crippen MR) is 123 cm³/mol. The van der Waals surface area contributed by atoms with Crippen molar-refractivity contribution in [3.63, 3.8) is 0 Å². The van der Waals surface area contributed by atoms with E-state index < -0.39 is 17.7 Å². The Morgan fingerprint density at radius 2 is 2.03 bits per heavy atom. The average molecular weight is 449 g/mol. The second kappa shape index (κ2) is 8.96. The molecule has 1 unspecified atom stereocenters. The van der Waals surface area contributed by atoms with Crippen LogP contribution in [0, 0.1) is 6.92 Å². The number of aryl methyl sites for hydroxylation is 1. The van der Waals surface area contributed by atoms with Gasteiger partial charge in [-0.1, -0.05) is 12.1 Å². The summed E-state index contributed by atoms with van der Waals surface area (Å²) in [5.74, 6) is -0.798. The van der Waals surface area contributed by atoms with Gasteiger partial charge in [-0.3, -0.25) is 14.6 Å². The van der Waals surface area contributed by atoms with E-state index in [4.69, 9.17) is 4.74 Å². The van der Waals surface area contributed by atoms with E-state index in [1.165, 1.54) is 16.2 Å². The fraction of sp³-hybridized carbons (Fsp3) is 0.240. The number of aromatic nitrogens is 1. The van der Waals surface area contributed by atoms with E-state index in [0.717, 1.165) is 16.0 Å². The number of hydrogen-bond acceptors (Lipinski definition) is 6. The molecule has 1 aliphatic heterocycles. The van der Waals surface area contributed by atoms with Crippen molar-refractivity contribution in [2.45, 2.75) is 39.5 Å². The highest BCUT2D eigenvalue weighted by atomic mass is 32.1. The fourth-order valence-corrected chi connectivity index (χ4v) is 4.66. The van der Waals surface area contributed by atoms with Crippen LogP contribution in [0.2, 0.25) is 0 Å². The van der Waals surface area contributed by atoms with Gasteiger partial charge in [-0.25, -0.2) is 0 Å². The van der Waals surface area contributed by atoms with Gasteiger partial charge in [-0.15, -0.1) is 11.3 Å². The summed E-state index contributed by atoms with van der Waals surface area (Å²) < 4.78 is 5.78. The third-order valence-corrected chi connectivity index (χ3v) is 6.16. The molecule has 0 saturated carbocycles. The molecule has 4 rings (SSSR count). The zero-order chi connectivity index (χ0) is 22.8. The van der Waals surface area contributed by atoms with Crippen LogP contribution in [0.1, 0.15) is 41.5 Å². The van der Waals surface area contributed by atoms with Crippen LogP contribution in [0.3, 0.4) is 0 Å². The summed E-state index contributed by atoms with van der Waals surface area (Å²) in [6.07, 6.45) is 3.34. The monoisotopic (exact) mass is 448 g/mol. The molecule has 1 amide bonds. The number of amides is 1. The Morgan fingerprint density at radius 1 is 1.22 bits per heavy atom. The van der Waals surface area contributed by atoms with Crippen molar-refractivity contribution in [2.75, 3.05) is 0 Å². The van der Waals surface area contributed by atoms with Crippen molar-refractivity contribution in [3.8, 4) is 5.75 Å². The van der Waals surface area contributed by atoms with Crippen LogP contribution in [0.4, 0.5) is 0 Å². The summed E-state index contributed by atoms with van der Waals surface area (Å²) in [6.45, 7) is 5.99. The number of rotatable bonds is 6. The molecule has 6 nitrogen and oxygen atoms in total. The zero-order valence-electron chi connectivity index (χ0n) is 18.1. The SMILES string of the molecule is Cc1cc(/C(O)=C2/C(=O)C(=O)N(Cc3cccnc3)C2c2cccs2)ccc1OC(C)C. The van der Waals surface area contributed by atoms with Crippen LogP contribution >= 0.6 is 11.3 Å². The summed E-state index contributed by atoms with van der Waals surface area (Å²) in [5, 5.41) is 13.1. The van der Waals surface area contributed by atoms with E-state index in [0.29, 0.717) is 11.3 Å². The third-order valence-electron chi connectivity index (χ3n) is 5.24. The second-order valence-electron chi connectivity index (χ2n) is 7.95. The molecule has 1 fully saturated rings. The molecule has 1 saturated heterocycles. The molecule has 0 aliphatic carbocycles. The highest BCUT2D eigenvalue weighted by Gasteiger charge is 2.46. The number of carbonyl (C=O) groups is 2. The van der Waals surface area contributed by atoms with Gasteiger partial charge in [0, 0.05) is 29.4 Å². The lowest BCUT2D eigenvalue weighted by molar-refractivity contribution is -0.140. The molecule has 7 heteroatoms. The van der Waals surface area contributed by atoms with Crippen molar-refractivity contribution in [3.05, 3.63) is 87.4 Å². The molecule has 1 aliphatic rings. The number of likely N-dealkylation sites (tertiary alicyclic amines) is 1. The van der Waals surface area contributed by atoms with Crippen LogP contribution in [0.15, 0.2) is 65.8 Å². The molecule has 3 aromatic rings. The Labute approximate surface area is 190 Å². The molecule has 164 valence electrons. The lowest BCUT2D eigenvalue weighted by Crippen LogP contribution is -2.28. The number of benzene rings is 1. The number of aliphatic hydroxyl groups excluding tert-OH is 1. The van der Waals surface area contributed by atoms with Crippen molar-refractivity contribution >= 4 is 28.8 Å². The first kappa shape index (κ1) is 21.8. The van der Waals surface area contributed by atoms with Crippen LogP contribution in [0.5, 0.6) is 5.75 Å². The van der Waals surface area contributed by atoms with Gasteiger partial charge in [0.05, 0.1) is 17.7 Å². The van der Waals surface area contributed by atoms with E-state index >= 15 is 0 Å². The van der Waals surface area contributed by atoms with E-state index in [2.05, 4.69) is 4.98 Å². The topological polar surface area (TPSA) is 79.7 Å². The molecule has 0 bridgehead atoms. The average Bonchev–Trinajstić information content (AvgIpc) is 3.38. The quantitative estimate of drug-likeness (QED) is 0.331. The van der Waals surface area contributed by atoms with Crippen molar-refractivity contribution in [1.29, 1.82) is 0 Å². The summed E-state index contributed by atoms with van der Waals surface area (Å²) in [7, 11) is 0. The Kier molecular flexibility index (Phi) is 6.10. The van der Waals surface area contributed by atoms with Crippen molar-refractivity contribution in [2.24, 2.45) is 0 Å². The molecular formula is C25H24N2O4S. The normalized spacial score (nSPS) is 17.9. The number of thiophene rings is 1. The van der Waals surface area contributed by atoms with Crippen LogP contribution < -0.4 is 4.74 Å². The number of aliphatic hydroxyl groups is 1. The highest BCUT2D eigenvalue weighted by molar-refractivity contribution is 7.10. The summed E-state index contributed by atoms with van der Waals surface area (Å²) in [6, 6.07) is 12.0. The number of carbonyl (C=O) groups excluding carboxylic acids is 2. The van der Waals surface area contributed by atoms with E-state index in [1.807, 2.05) is 44.4 Å². The fourth-order valence-electron chi connectivity index (χ4n) is 3.81. The Hall–Kier alpha value is -3.45. The van der Waals surface area contributed by atoms with Gasteiger partial charge in [-0.2, -0.15) is 0 Å². The van der Waals surface area contributed by atoms with Crippen LogP contribution in [0.25, 0.3) is 5.76 Å². The van der Waals surface area contributed by atoms with Crippen LogP contribution in [-0.2, 0) is 16.1 Å². The number of ketones is 1. The highest BCUT2D eigenvalue weighted by Crippen LogP contribution is 2.42. The Morgan fingerprint density at radius 3 is 2.66 bits per heavy atom. The second-order valence-corrected chi connectivity index (χ2v) is 8.93. The van der Waals surface area contributed by atoms with E-state index in [9.17, 15) is 14.7 Å². The molecule has 2 aromatic heterocycles. The lowest BCUT2D eigenvalue weighted by Gasteiger charge is -2.24. The minimum Gasteiger partial charge on any atom is -0.507 e. The van der Waals surface area contributed by atoms with Gasteiger partial charge in [0.25, 0.3) is 11.7 Å². The first-order valence-corrected chi connectivity index (χ1v) is 11.2. The Bertz CT molecular complexity index is 1170. The summed E-state index contributed by atoms with van der Waals surface area (Å²) >= 11 is 1.44. The maximum Gasteiger partial charge on any atom is 0.295 e. The molecule has 1 N–H and O–H groups in total. The first-order chi connectivity index (χ1) is 15.4. The molecule has 32 heavy (non-hydrogen) atoms. The van der Waals surface area contributed by atoms with Gasteiger partial charge in [-0.05, 0) is 67.6 Å². The number of nitrogens with zero attached hydrogens (tertiary/aromatic N) is 2. The smallest absolute Gasteiger partial charge is 0.295 e. The minimum absolute atomic E-state index is 0.0183. The number of hydrogen-bond donors (Lipinski definition) is 1. The maximum absolute atomic E-state index is 13.1. The molecule has 0 radical (unpaired) electrons. The number of ether oxygens (including phenoxy) is 1. The molecule has 0 spiro atoms. The third kappa shape index (κ3) is 4.16. The summed E-state index contributed by atoms with van der Waals surface area (Å²) in [4.78, 5) is 32.5. The molecule has 1 aromatic carbocycles. The molecule has 1 atom stereocenters. The zero-order valence-corrected chi connectivity index (χ0v) is 18.9. The van der Waals surface area contributed by atoms with Gasteiger partial charge >= 0.3 is 0 Å². The van der Waals surface area contributed by atoms with Gasteiger partial charge < -0.3 is 14.7 Å². The standard InChI is InChI=1S/C25H24N2O4S/c1-15(2)31-19-9-8-18(12-16(19)3)23(28)21-22(20-7-5-11-32-20)27(25(30)24(21)29)14-17-6-4-10-26-13-17/h4-13,15,22,28H,14H2,1-3H3/b23-21-. The number of Topliss-reactive ketones (excluding diaryl/α,β-unsaturated/α-hetero) is 1. The molecular weight excluding hydrogens is 424 g/mol.